The molecule has 0 saturated heterocycles. The van der Waals surface area contributed by atoms with E-state index in [2.05, 4.69) is 6.07 Å². The molecule has 1 aromatic carbocycles. The third-order valence-corrected chi connectivity index (χ3v) is 5.49. The second-order valence-electron chi connectivity index (χ2n) is 8.76. The Kier molecular flexibility index (Phi) is 5.50. The second kappa shape index (κ2) is 7.53. The number of hydrogen-bond donors (Lipinski definition) is 0. The minimum Gasteiger partial charge on any atom is -0.466 e. The van der Waals surface area contributed by atoms with Crippen molar-refractivity contribution in [2.45, 2.75) is 65.6 Å². The first-order valence-electron chi connectivity index (χ1n) is 9.93. The van der Waals surface area contributed by atoms with Gasteiger partial charge in [-0.05, 0) is 64.9 Å². The van der Waals surface area contributed by atoms with Crippen molar-refractivity contribution in [1.29, 1.82) is 0 Å². The number of hydrogen-bond acceptors (Lipinski definition) is 4. The number of esters is 1. The zero-order chi connectivity index (χ0) is 19.8. The standard InChI is InChI=1S/C22H31NO4/c1-6-26-20(24)19-16-10-11-17(18(16)19)23(21(25)27-22(3,4)5)13-15-9-7-8-14(2)12-15/h7-9,12,16-19H,6,10-11,13H2,1-5H3/t16-,17-,18-,19+/m1/s1. The van der Waals surface area contributed by atoms with Gasteiger partial charge in [-0.15, -0.1) is 0 Å². The molecule has 4 atom stereocenters. The van der Waals surface area contributed by atoms with E-state index in [4.69, 9.17) is 9.47 Å². The molecule has 0 N–H and O–H groups in total. The van der Waals surface area contributed by atoms with Crippen molar-refractivity contribution in [1.82, 2.24) is 4.90 Å². The van der Waals surface area contributed by atoms with Crippen molar-refractivity contribution in [2.75, 3.05) is 6.61 Å². The van der Waals surface area contributed by atoms with E-state index < -0.39 is 5.60 Å². The maximum absolute atomic E-state index is 13.0. The van der Waals surface area contributed by atoms with Crippen molar-refractivity contribution in [3.63, 3.8) is 0 Å². The quantitative estimate of drug-likeness (QED) is 0.721. The molecule has 5 nitrogen and oxygen atoms in total. The molecule has 0 heterocycles. The number of aryl methyl sites for hydroxylation is 1. The molecule has 0 spiro atoms. The number of nitrogens with zero attached hydrogens (tertiary/aromatic N) is 1. The first-order valence-corrected chi connectivity index (χ1v) is 9.93. The molecule has 148 valence electrons. The van der Waals surface area contributed by atoms with E-state index >= 15 is 0 Å². The molecule has 2 aliphatic rings. The summed E-state index contributed by atoms with van der Waals surface area (Å²) < 4.78 is 10.9. The number of carbonyl (C=O) groups excluding carboxylic acids is 2. The van der Waals surface area contributed by atoms with Crippen molar-refractivity contribution >= 4 is 12.1 Å². The summed E-state index contributed by atoms with van der Waals surface area (Å²) in [7, 11) is 0. The highest BCUT2D eigenvalue weighted by molar-refractivity contribution is 5.77. The first kappa shape index (κ1) is 19.7. The Balaban J connectivity index is 1.79. The fourth-order valence-corrected chi connectivity index (χ4v) is 4.43. The van der Waals surface area contributed by atoms with Gasteiger partial charge >= 0.3 is 12.1 Å². The molecular weight excluding hydrogens is 342 g/mol. The Morgan fingerprint density at radius 2 is 1.96 bits per heavy atom. The predicted molar refractivity (Wildman–Crippen MR) is 103 cm³/mol. The van der Waals surface area contributed by atoms with E-state index in [9.17, 15) is 9.59 Å². The van der Waals surface area contributed by atoms with Crippen molar-refractivity contribution in [3.05, 3.63) is 35.4 Å². The molecule has 1 aromatic rings. The van der Waals surface area contributed by atoms with Gasteiger partial charge in [0.15, 0.2) is 0 Å². The van der Waals surface area contributed by atoms with E-state index in [0.29, 0.717) is 19.1 Å². The molecule has 2 aliphatic carbocycles. The zero-order valence-corrected chi connectivity index (χ0v) is 17.0. The fourth-order valence-electron chi connectivity index (χ4n) is 4.43. The number of rotatable bonds is 5. The van der Waals surface area contributed by atoms with Crippen LogP contribution in [0.3, 0.4) is 0 Å². The number of benzene rings is 1. The minimum absolute atomic E-state index is 0.0276. The predicted octanol–water partition coefficient (Wildman–Crippen LogP) is 4.32. The van der Waals surface area contributed by atoms with Crippen LogP contribution >= 0.6 is 0 Å². The van der Waals surface area contributed by atoms with Gasteiger partial charge in [0.2, 0.25) is 0 Å². The molecule has 27 heavy (non-hydrogen) atoms. The van der Waals surface area contributed by atoms with Gasteiger partial charge < -0.3 is 14.4 Å². The molecule has 2 fully saturated rings. The molecule has 1 amide bonds. The summed E-state index contributed by atoms with van der Waals surface area (Å²) in [5.41, 5.74) is 1.69. The van der Waals surface area contributed by atoms with Crippen molar-refractivity contribution < 1.29 is 19.1 Å². The molecule has 0 bridgehead atoms. The summed E-state index contributed by atoms with van der Waals surface area (Å²) in [4.78, 5) is 27.1. The highest BCUT2D eigenvalue weighted by Crippen LogP contribution is 2.59. The monoisotopic (exact) mass is 373 g/mol. The van der Waals surface area contributed by atoms with Crippen LogP contribution in [0, 0.1) is 24.7 Å². The summed E-state index contributed by atoms with van der Waals surface area (Å²) in [5, 5.41) is 0. The summed E-state index contributed by atoms with van der Waals surface area (Å²) in [5.74, 6) is 0.362. The van der Waals surface area contributed by atoms with Crippen molar-refractivity contribution in [2.24, 2.45) is 17.8 Å². The van der Waals surface area contributed by atoms with Gasteiger partial charge in [0.25, 0.3) is 0 Å². The van der Waals surface area contributed by atoms with Gasteiger partial charge in [0.1, 0.15) is 5.60 Å². The Morgan fingerprint density at radius 1 is 1.22 bits per heavy atom. The highest BCUT2D eigenvalue weighted by atomic mass is 16.6. The van der Waals surface area contributed by atoms with Gasteiger partial charge in [-0.2, -0.15) is 0 Å². The van der Waals surface area contributed by atoms with E-state index in [1.807, 2.05) is 57.7 Å². The number of carbonyl (C=O) groups is 2. The van der Waals surface area contributed by atoms with Crippen LogP contribution in [-0.4, -0.2) is 35.2 Å². The average molecular weight is 373 g/mol. The lowest BCUT2D eigenvalue weighted by molar-refractivity contribution is -0.145. The Morgan fingerprint density at radius 3 is 2.59 bits per heavy atom. The lowest BCUT2D eigenvalue weighted by Gasteiger charge is -2.33. The Hall–Kier alpha value is -2.04. The number of amides is 1. The second-order valence-corrected chi connectivity index (χ2v) is 8.76. The fraction of sp³-hybridized carbons (Fsp3) is 0.636. The zero-order valence-electron chi connectivity index (χ0n) is 17.0. The van der Waals surface area contributed by atoms with Crippen LogP contribution in [0.15, 0.2) is 24.3 Å². The Labute approximate surface area is 162 Å². The normalized spacial score (nSPS) is 26.3. The topological polar surface area (TPSA) is 55.8 Å². The van der Waals surface area contributed by atoms with Gasteiger partial charge in [0, 0.05) is 12.6 Å². The lowest BCUT2D eigenvalue weighted by atomic mass is 10.0. The minimum atomic E-state index is -0.552. The van der Waals surface area contributed by atoms with Crippen LogP contribution in [0.4, 0.5) is 4.79 Å². The van der Waals surface area contributed by atoms with Gasteiger partial charge in [-0.3, -0.25) is 4.79 Å². The lowest BCUT2D eigenvalue weighted by Crippen LogP contribution is -2.44. The van der Waals surface area contributed by atoms with Gasteiger partial charge in [0.05, 0.1) is 12.5 Å². The van der Waals surface area contributed by atoms with E-state index in [1.54, 1.807) is 0 Å². The van der Waals surface area contributed by atoms with Crippen LogP contribution in [0.2, 0.25) is 0 Å². The van der Waals surface area contributed by atoms with Crippen LogP contribution in [0.5, 0.6) is 0 Å². The van der Waals surface area contributed by atoms with E-state index in [0.717, 1.165) is 24.0 Å². The SMILES string of the molecule is CCOC(=O)[C@H]1[C@@H]2CC[C@@H](N(Cc3cccc(C)c3)C(=O)OC(C)(C)C)[C@@H]21. The maximum atomic E-state index is 13.0. The summed E-state index contributed by atoms with van der Waals surface area (Å²) in [6.45, 7) is 10.4. The number of fused-ring (bicyclic) bond motifs is 1. The molecule has 0 aliphatic heterocycles. The summed E-state index contributed by atoms with van der Waals surface area (Å²) >= 11 is 0. The maximum Gasteiger partial charge on any atom is 0.410 e. The molecular formula is C22H31NO4. The van der Waals surface area contributed by atoms with Gasteiger partial charge in [-0.25, -0.2) is 4.79 Å². The molecule has 2 saturated carbocycles. The van der Waals surface area contributed by atoms with Gasteiger partial charge in [-0.1, -0.05) is 29.8 Å². The van der Waals surface area contributed by atoms with Crippen LogP contribution in [-0.2, 0) is 20.8 Å². The Bertz CT molecular complexity index is 709. The third kappa shape index (κ3) is 4.45. The highest BCUT2D eigenvalue weighted by Gasteiger charge is 2.64. The third-order valence-electron chi connectivity index (χ3n) is 5.49. The van der Waals surface area contributed by atoms with Crippen LogP contribution < -0.4 is 0 Å². The average Bonchev–Trinajstić information content (AvgIpc) is 3.13. The number of ether oxygens (including phenoxy) is 2. The molecule has 0 radical (unpaired) electrons. The molecule has 5 heteroatoms. The summed E-state index contributed by atoms with van der Waals surface area (Å²) in [6.07, 6.45) is 1.58. The largest absolute Gasteiger partial charge is 0.466 e. The smallest absolute Gasteiger partial charge is 0.410 e. The summed E-state index contributed by atoms with van der Waals surface area (Å²) in [6, 6.07) is 8.21. The van der Waals surface area contributed by atoms with Crippen LogP contribution in [0.25, 0.3) is 0 Å². The van der Waals surface area contributed by atoms with E-state index in [-0.39, 0.29) is 29.9 Å². The first-order chi connectivity index (χ1) is 12.7. The van der Waals surface area contributed by atoms with E-state index in [1.165, 1.54) is 0 Å². The molecule has 0 aromatic heterocycles. The molecule has 3 rings (SSSR count). The molecule has 0 unspecified atom stereocenters. The van der Waals surface area contributed by atoms with Crippen molar-refractivity contribution in [3.8, 4) is 0 Å². The van der Waals surface area contributed by atoms with Crippen LogP contribution in [0.1, 0.15) is 51.7 Å².